The van der Waals surface area contributed by atoms with Gasteiger partial charge in [0.25, 0.3) is 5.91 Å². The fourth-order valence-electron chi connectivity index (χ4n) is 1.58. The normalized spacial score (nSPS) is 9.75. The summed E-state index contributed by atoms with van der Waals surface area (Å²) in [4.78, 5) is 25.9. The molecule has 0 aromatic carbocycles. The van der Waals surface area contributed by atoms with Crippen LogP contribution in [-0.4, -0.2) is 41.5 Å². The Balaban J connectivity index is 2.92. The summed E-state index contributed by atoms with van der Waals surface area (Å²) in [5.41, 5.74) is 6.04. The lowest BCUT2D eigenvalue weighted by molar-refractivity contribution is -0.118. The molecular weight excluding hydrogens is 276 g/mol. The van der Waals surface area contributed by atoms with Gasteiger partial charge in [0.05, 0.1) is 22.9 Å². The zero-order valence-electron chi connectivity index (χ0n) is 11.6. The van der Waals surface area contributed by atoms with E-state index in [4.69, 9.17) is 10.8 Å². The average Bonchev–Trinajstić information content (AvgIpc) is 2.77. The number of carbonyl (C=O) groups excluding carboxylic acids is 2. The van der Waals surface area contributed by atoms with Crippen LogP contribution in [0.25, 0.3) is 0 Å². The standard InChI is InChI=1S/C14H18N2O3S/c1-3-16(9-13(15)18)14(19)12-8-10(2)11(20-12)6-4-5-7-17/h8,17H,3,5,7,9H2,1-2H3,(H2,15,18). The van der Waals surface area contributed by atoms with E-state index in [9.17, 15) is 9.59 Å². The number of hydrogen-bond donors (Lipinski definition) is 2. The lowest BCUT2D eigenvalue weighted by Gasteiger charge is -2.17. The maximum absolute atomic E-state index is 12.2. The van der Waals surface area contributed by atoms with Gasteiger partial charge in [0.2, 0.25) is 5.91 Å². The van der Waals surface area contributed by atoms with Crippen molar-refractivity contribution >= 4 is 23.2 Å². The fourth-order valence-corrected chi connectivity index (χ4v) is 2.60. The summed E-state index contributed by atoms with van der Waals surface area (Å²) in [6, 6.07) is 1.76. The summed E-state index contributed by atoms with van der Waals surface area (Å²) in [6.45, 7) is 4.03. The number of hydrogen-bond acceptors (Lipinski definition) is 4. The van der Waals surface area contributed by atoms with E-state index in [-0.39, 0.29) is 19.1 Å². The fraction of sp³-hybridized carbons (Fsp3) is 0.429. The Morgan fingerprint density at radius 1 is 1.50 bits per heavy atom. The highest BCUT2D eigenvalue weighted by Gasteiger charge is 2.19. The predicted octanol–water partition coefficient (Wildman–Crippen LogP) is 0.738. The molecule has 0 unspecified atom stereocenters. The number of aryl methyl sites for hydroxylation is 1. The van der Waals surface area contributed by atoms with Crippen molar-refractivity contribution in [3.05, 3.63) is 21.4 Å². The highest BCUT2D eigenvalue weighted by Crippen LogP contribution is 2.22. The molecule has 0 aliphatic rings. The molecule has 1 rings (SSSR count). The molecule has 0 aliphatic carbocycles. The number of aliphatic hydroxyl groups is 1. The van der Waals surface area contributed by atoms with Crippen molar-refractivity contribution in [2.24, 2.45) is 5.73 Å². The lowest BCUT2D eigenvalue weighted by atomic mass is 10.2. The van der Waals surface area contributed by atoms with Gasteiger partial charge in [-0.05, 0) is 25.5 Å². The molecule has 1 aromatic rings. The summed E-state index contributed by atoms with van der Waals surface area (Å²) in [5.74, 6) is 5.02. The third-order valence-corrected chi connectivity index (χ3v) is 3.72. The van der Waals surface area contributed by atoms with E-state index in [1.165, 1.54) is 16.2 Å². The first-order valence-electron chi connectivity index (χ1n) is 6.27. The second-order valence-corrected chi connectivity index (χ2v) is 5.24. The molecule has 20 heavy (non-hydrogen) atoms. The quantitative estimate of drug-likeness (QED) is 0.786. The van der Waals surface area contributed by atoms with Crippen LogP contribution in [0.5, 0.6) is 0 Å². The molecule has 1 heterocycles. The predicted molar refractivity (Wildman–Crippen MR) is 78.4 cm³/mol. The van der Waals surface area contributed by atoms with Crippen molar-refractivity contribution in [2.75, 3.05) is 19.7 Å². The first-order chi connectivity index (χ1) is 9.49. The maximum atomic E-state index is 12.2. The van der Waals surface area contributed by atoms with Gasteiger partial charge in [-0.3, -0.25) is 9.59 Å². The third kappa shape index (κ3) is 4.37. The average molecular weight is 294 g/mol. The van der Waals surface area contributed by atoms with Gasteiger partial charge in [0.1, 0.15) is 0 Å². The van der Waals surface area contributed by atoms with Crippen molar-refractivity contribution in [3.63, 3.8) is 0 Å². The van der Waals surface area contributed by atoms with Crippen molar-refractivity contribution in [1.82, 2.24) is 4.90 Å². The molecule has 3 N–H and O–H groups in total. The Kier molecular flexibility index (Phi) is 6.22. The monoisotopic (exact) mass is 294 g/mol. The molecule has 0 fully saturated rings. The van der Waals surface area contributed by atoms with E-state index in [0.29, 0.717) is 17.8 Å². The molecule has 6 heteroatoms. The van der Waals surface area contributed by atoms with Crippen molar-refractivity contribution in [3.8, 4) is 11.8 Å². The number of amides is 2. The van der Waals surface area contributed by atoms with Crippen LogP contribution in [0.2, 0.25) is 0 Å². The van der Waals surface area contributed by atoms with Crippen molar-refractivity contribution in [1.29, 1.82) is 0 Å². The first-order valence-corrected chi connectivity index (χ1v) is 7.09. The minimum absolute atomic E-state index is 0.0193. The number of thiophene rings is 1. The zero-order valence-corrected chi connectivity index (χ0v) is 12.4. The van der Waals surface area contributed by atoms with Crippen LogP contribution in [0.4, 0.5) is 0 Å². The molecule has 0 spiro atoms. The molecule has 108 valence electrons. The minimum Gasteiger partial charge on any atom is -0.395 e. The van der Waals surface area contributed by atoms with Crippen LogP contribution in [-0.2, 0) is 4.79 Å². The molecule has 0 aliphatic heterocycles. The summed E-state index contributed by atoms with van der Waals surface area (Å²) >= 11 is 1.29. The van der Waals surface area contributed by atoms with Gasteiger partial charge < -0.3 is 15.7 Å². The van der Waals surface area contributed by atoms with Crippen LogP contribution in [0, 0.1) is 18.8 Å². The Hall–Kier alpha value is -1.84. The SMILES string of the molecule is CCN(CC(N)=O)C(=O)c1cc(C)c(C#CCCO)s1. The second kappa shape index (κ2) is 7.68. The molecule has 0 atom stereocenters. The highest BCUT2D eigenvalue weighted by atomic mass is 32.1. The van der Waals surface area contributed by atoms with E-state index in [1.807, 2.05) is 6.92 Å². The summed E-state index contributed by atoms with van der Waals surface area (Å²) in [6.07, 6.45) is 0.406. The number of primary amides is 1. The number of nitrogens with two attached hydrogens (primary N) is 1. The Labute approximate surface area is 122 Å². The van der Waals surface area contributed by atoms with E-state index < -0.39 is 5.91 Å². The summed E-state index contributed by atoms with van der Waals surface area (Å²) in [5, 5.41) is 8.69. The molecule has 0 bridgehead atoms. The van der Waals surface area contributed by atoms with Crippen molar-refractivity contribution < 1.29 is 14.7 Å². The van der Waals surface area contributed by atoms with Crippen LogP contribution >= 0.6 is 11.3 Å². The molecule has 1 aromatic heterocycles. The van der Waals surface area contributed by atoms with E-state index in [0.717, 1.165) is 10.4 Å². The Bertz CT molecular complexity index is 555. The summed E-state index contributed by atoms with van der Waals surface area (Å²) < 4.78 is 0. The van der Waals surface area contributed by atoms with Crippen LogP contribution in [0.3, 0.4) is 0 Å². The van der Waals surface area contributed by atoms with Gasteiger partial charge in [-0.2, -0.15) is 0 Å². The number of aliphatic hydroxyl groups excluding tert-OH is 1. The van der Waals surface area contributed by atoms with Gasteiger partial charge in [-0.1, -0.05) is 11.8 Å². The molecule has 0 saturated carbocycles. The molecule has 0 saturated heterocycles. The first kappa shape index (κ1) is 16.2. The van der Waals surface area contributed by atoms with Gasteiger partial charge in [-0.25, -0.2) is 0 Å². The summed E-state index contributed by atoms with van der Waals surface area (Å²) in [7, 11) is 0. The Morgan fingerprint density at radius 2 is 2.20 bits per heavy atom. The smallest absolute Gasteiger partial charge is 0.264 e. The molecule has 0 radical (unpaired) electrons. The molecule has 2 amide bonds. The van der Waals surface area contributed by atoms with Gasteiger partial charge in [0, 0.05) is 13.0 Å². The zero-order chi connectivity index (χ0) is 15.1. The maximum Gasteiger partial charge on any atom is 0.264 e. The molecule has 5 nitrogen and oxygen atoms in total. The van der Waals surface area contributed by atoms with Gasteiger partial charge in [0.15, 0.2) is 0 Å². The van der Waals surface area contributed by atoms with Crippen LogP contribution in [0.1, 0.15) is 33.5 Å². The van der Waals surface area contributed by atoms with Gasteiger partial charge in [-0.15, -0.1) is 11.3 Å². The minimum atomic E-state index is -0.531. The Morgan fingerprint density at radius 3 is 2.75 bits per heavy atom. The lowest BCUT2D eigenvalue weighted by Crippen LogP contribution is -2.37. The van der Waals surface area contributed by atoms with Crippen molar-refractivity contribution in [2.45, 2.75) is 20.3 Å². The van der Waals surface area contributed by atoms with E-state index >= 15 is 0 Å². The second-order valence-electron chi connectivity index (χ2n) is 4.18. The van der Waals surface area contributed by atoms with Crippen LogP contribution < -0.4 is 5.73 Å². The number of carbonyl (C=O) groups is 2. The number of nitrogens with zero attached hydrogens (tertiary/aromatic N) is 1. The van der Waals surface area contributed by atoms with E-state index in [2.05, 4.69) is 11.8 Å². The highest BCUT2D eigenvalue weighted by molar-refractivity contribution is 7.14. The number of likely N-dealkylation sites (N-methyl/N-ethyl adjacent to an activating group) is 1. The molecular formula is C14H18N2O3S. The largest absolute Gasteiger partial charge is 0.395 e. The topological polar surface area (TPSA) is 83.6 Å². The third-order valence-electron chi connectivity index (χ3n) is 2.58. The van der Waals surface area contributed by atoms with E-state index in [1.54, 1.807) is 13.0 Å². The van der Waals surface area contributed by atoms with Gasteiger partial charge >= 0.3 is 0 Å². The number of rotatable bonds is 5. The van der Waals surface area contributed by atoms with Crippen LogP contribution in [0.15, 0.2) is 6.07 Å².